The predicted molar refractivity (Wildman–Crippen MR) is 98.3 cm³/mol. The van der Waals surface area contributed by atoms with Crippen LogP contribution in [0.15, 0.2) is 28.1 Å². The van der Waals surface area contributed by atoms with E-state index < -0.39 is 5.66 Å². The minimum atomic E-state index is -0.390. The lowest BCUT2D eigenvalue weighted by atomic mass is 10.1. The molecular weight excluding hydrogens is 340 g/mol. The Kier molecular flexibility index (Phi) is 4.71. The van der Waals surface area contributed by atoms with Gasteiger partial charge in [-0.05, 0) is 36.6 Å². The zero-order valence-corrected chi connectivity index (χ0v) is 15.6. The number of ether oxygens (including phenoxy) is 2. The van der Waals surface area contributed by atoms with E-state index in [4.69, 9.17) is 9.47 Å². The van der Waals surface area contributed by atoms with E-state index in [1.165, 1.54) is 16.0 Å². The number of nitrogens with one attached hydrogen (secondary N) is 2. The van der Waals surface area contributed by atoms with Gasteiger partial charge >= 0.3 is 0 Å². The molecule has 0 bridgehead atoms. The van der Waals surface area contributed by atoms with Gasteiger partial charge in [0.15, 0.2) is 11.5 Å². The quantitative estimate of drug-likeness (QED) is 0.828. The molecule has 2 N–H and O–H groups in total. The molecule has 0 saturated heterocycles. The van der Waals surface area contributed by atoms with Gasteiger partial charge in [-0.1, -0.05) is 31.3 Å². The summed E-state index contributed by atoms with van der Waals surface area (Å²) in [5.74, 6) is 1.27. The van der Waals surface area contributed by atoms with Crippen LogP contribution in [0.2, 0.25) is 0 Å². The first-order valence-electron chi connectivity index (χ1n) is 8.14. The summed E-state index contributed by atoms with van der Waals surface area (Å²) in [7, 11) is 3.18. The topological polar surface area (TPSA) is 76.9 Å². The fourth-order valence-electron chi connectivity index (χ4n) is 2.70. The zero-order valence-electron chi connectivity index (χ0n) is 14.8. The maximum absolute atomic E-state index is 12.8. The maximum Gasteiger partial charge on any atom is 0.289 e. The average molecular weight is 362 g/mol. The van der Waals surface area contributed by atoms with Crippen LogP contribution in [0, 0.1) is 0 Å². The van der Waals surface area contributed by atoms with Gasteiger partial charge in [-0.3, -0.25) is 15.6 Å². The summed E-state index contributed by atoms with van der Waals surface area (Å²) in [6, 6.07) is 5.54. The largest absolute Gasteiger partial charge is 0.493 e. The van der Waals surface area contributed by atoms with Crippen LogP contribution in [0.5, 0.6) is 11.5 Å². The van der Waals surface area contributed by atoms with Gasteiger partial charge in [0, 0.05) is 0 Å². The first-order chi connectivity index (χ1) is 12.1. The molecule has 0 unspecified atom stereocenters. The number of hydrogen-bond donors (Lipinski definition) is 2. The Morgan fingerprint density at radius 2 is 1.96 bits per heavy atom. The van der Waals surface area contributed by atoms with Crippen molar-refractivity contribution < 1.29 is 9.47 Å². The van der Waals surface area contributed by atoms with E-state index in [9.17, 15) is 4.79 Å². The van der Waals surface area contributed by atoms with Gasteiger partial charge in [-0.2, -0.15) is 4.68 Å². The Balaban J connectivity index is 2.06. The number of rotatable bonds is 5. The van der Waals surface area contributed by atoms with Crippen LogP contribution >= 0.6 is 11.3 Å². The zero-order chi connectivity index (χ0) is 18.0. The van der Waals surface area contributed by atoms with Crippen LogP contribution in [-0.4, -0.2) is 24.6 Å². The molecule has 1 aromatic heterocycles. The standard InChI is InChI=1S/C17H22N4O3S/c1-5-17(6-2)19-18-16-21(20-17)15(22)14(25-16)10-11-7-8-12(23-3)13(9-11)24-4/h7-10,19-20H,5-6H2,1-4H3/b14-10-. The third kappa shape index (κ3) is 3.09. The first-order valence-corrected chi connectivity index (χ1v) is 8.96. The highest BCUT2D eigenvalue weighted by atomic mass is 32.1. The van der Waals surface area contributed by atoms with Crippen LogP contribution in [0.25, 0.3) is 6.08 Å². The minimum absolute atomic E-state index is 0.105. The number of benzene rings is 1. The van der Waals surface area contributed by atoms with Gasteiger partial charge in [0.05, 0.1) is 18.8 Å². The minimum Gasteiger partial charge on any atom is -0.493 e. The lowest BCUT2D eigenvalue weighted by Gasteiger charge is -2.35. The SMILES string of the molecule is CCC1(CC)NN=c2s/c(=C\c3ccc(OC)c(OC)c3)c(=O)n2N1. The van der Waals surface area contributed by atoms with Gasteiger partial charge in [-0.15, -0.1) is 5.10 Å². The number of nitrogens with zero attached hydrogens (tertiary/aromatic N) is 2. The number of fused-ring (bicyclic) bond motifs is 1. The van der Waals surface area contributed by atoms with Crippen LogP contribution < -0.4 is 35.2 Å². The van der Waals surface area contributed by atoms with Gasteiger partial charge in [0.25, 0.3) is 5.56 Å². The lowest BCUT2D eigenvalue weighted by Crippen LogP contribution is -2.60. The van der Waals surface area contributed by atoms with Crippen molar-refractivity contribution in [2.24, 2.45) is 5.10 Å². The molecule has 0 atom stereocenters. The van der Waals surface area contributed by atoms with Gasteiger partial charge in [0.2, 0.25) is 4.80 Å². The second-order valence-corrected chi connectivity index (χ2v) is 6.78. The molecule has 1 aliphatic heterocycles. The molecule has 8 heteroatoms. The van der Waals surface area contributed by atoms with Crippen molar-refractivity contribution in [2.45, 2.75) is 32.4 Å². The summed E-state index contributed by atoms with van der Waals surface area (Å²) in [5, 5.41) is 4.38. The van der Waals surface area contributed by atoms with Gasteiger partial charge in [-0.25, -0.2) is 0 Å². The summed E-state index contributed by atoms with van der Waals surface area (Å²) >= 11 is 1.33. The highest BCUT2D eigenvalue weighted by molar-refractivity contribution is 7.07. The number of methoxy groups -OCH3 is 2. The van der Waals surface area contributed by atoms with E-state index in [0.717, 1.165) is 18.4 Å². The molecular formula is C17H22N4O3S. The Morgan fingerprint density at radius 3 is 2.60 bits per heavy atom. The fraction of sp³-hybridized carbons (Fsp3) is 0.412. The van der Waals surface area contributed by atoms with E-state index in [-0.39, 0.29) is 5.56 Å². The second kappa shape index (κ2) is 6.79. The molecule has 3 rings (SSSR count). The molecule has 1 aromatic carbocycles. The van der Waals surface area contributed by atoms with Crippen molar-refractivity contribution in [3.8, 4) is 11.5 Å². The summed E-state index contributed by atoms with van der Waals surface area (Å²) in [4.78, 5) is 13.4. The van der Waals surface area contributed by atoms with Gasteiger partial charge < -0.3 is 9.47 Å². The predicted octanol–water partition coefficient (Wildman–Crippen LogP) is 0.953. The van der Waals surface area contributed by atoms with Gasteiger partial charge in [0.1, 0.15) is 5.66 Å². The molecule has 134 valence electrons. The van der Waals surface area contributed by atoms with E-state index >= 15 is 0 Å². The number of aromatic nitrogens is 1. The average Bonchev–Trinajstić information content (AvgIpc) is 2.96. The Bertz CT molecular complexity index is 944. The van der Waals surface area contributed by atoms with E-state index in [1.807, 2.05) is 24.3 Å². The van der Waals surface area contributed by atoms with Crippen molar-refractivity contribution >= 4 is 17.4 Å². The highest BCUT2D eigenvalue weighted by Gasteiger charge is 2.29. The Morgan fingerprint density at radius 1 is 1.24 bits per heavy atom. The monoisotopic (exact) mass is 362 g/mol. The molecule has 0 amide bonds. The maximum atomic E-state index is 12.8. The summed E-state index contributed by atoms with van der Waals surface area (Å²) in [6.45, 7) is 4.11. The van der Waals surface area contributed by atoms with Crippen molar-refractivity contribution in [1.82, 2.24) is 10.1 Å². The normalized spacial score (nSPS) is 15.6. The van der Waals surface area contributed by atoms with Crippen molar-refractivity contribution in [3.63, 3.8) is 0 Å². The number of hydrogen-bond acceptors (Lipinski definition) is 7. The van der Waals surface area contributed by atoms with Crippen molar-refractivity contribution in [3.05, 3.63) is 43.5 Å². The van der Waals surface area contributed by atoms with Crippen LogP contribution in [0.1, 0.15) is 32.3 Å². The van der Waals surface area contributed by atoms with Crippen LogP contribution in [0.3, 0.4) is 0 Å². The summed E-state index contributed by atoms with van der Waals surface area (Å²) < 4.78 is 12.7. The molecule has 0 spiro atoms. The van der Waals surface area contributed by atoms with Crippen molar-refractivity contribution in [2.75, 3.05) is 19.6 Å². The lowest BCUT2D eigenvalue weighted by molar-refractivity contribution is 0.294. The van der Waals surface area contributed by atoms with Crippen LogP contribution in [0.4, 0.5) is 0 Å². The molecule has 0 fully saturated rings. The number of thiazole rings is 1. The molecule has 7 nitrogen and oxygen atoms in total. The van der Waals surface area contributed by atoms with E-state index in [0.29, 0.717) is 20.8 Å². The third-order valence-electron chi connectivity index (χ3n) is 4.41. The van der Waals surface area contributed by atoms with E-state index in [1.54, 1.807) is 14.2 Å². The smallest absolute Gasteiger partial charge is 0.289 e. The third-order valence-corrected chi connectivity index (χ3v) is 5.38. The summed E-state index contributed by atoms with van der Waals surface area (Å²) in [5.41, 5.74) is 6.77. The molecule has 25 heavy (non-hydrogen) atoms. The molecule has 2 aromatic rings. The van der Waals surface area contributed by atoms with Crippen LogP contribution in [-0.2, 0) is 0 Å². The second-order valence-electron chi connectivity index (χ2n) is 5.77. The molecule has 0 saturated carbocycles. The molecule has 0 aliphatic carbocycles. The highest BCUT2D eigenvalue weighted by Crippen LogP contribution is 2.27. The first kappa shape index (κ1) is 17.3. The van der Waals surface area contributed by atoms with Crippen molar-refractivity contribution in [1.29, 1.82) is 0 Å². The van der Waals surface area contributed by atoms with E-state index in [2.05, 4.69) is 29.8 Å². The molecule has 2 heterocycles. The fourth-order valence-corrected chi connectivity index (χ4v) is 3.58. The molecule has 0 radical (unpaired) electrons. The molecule has 1 aliphatic rings. The summed E-state index contributed by atoms with van der Waals surface area (Å²) in [6.07, 6.45) is 3.45. The Labute approximate surface area is 149 Å². The Hall–Kier alpha value is -2.48.